The van der Waals surface area contributed by atoms with Crippen LogP contribution < -0.4 is 4.90 Å². The molecular formula is C19H25N3O3. The van der Waals surface area contributed by atoms with Gasteiger partial charge in [0.05, 0.1) is 0 Å². The van der Waals surface area contributed by atoms with Crippen molar-refractivity contribution in [3.05, 3.63) is 29.8 Å². The standard InChI is InChI=1S/C19H25N3O3/c1-3-22(16-6-4-5-15(2)13-16)18(25)19(7-8-19)17(24)21-11-9-20(14-23)10-12-21/h4-6,13-14H,3,7-12H2,1-2H3. The van der Waals surface area contributed by atoms with E-state index in [1.807, 2.05) is 38.1 Å². The second kappa shape index (κ2) is 6.86. The molecule has 0 radical (unpaired) electrons. The van der Waals surface area contributed by atoms with Crippen molar-refractivity contribution in [2.75, 3.05) is 37.6 Å². The zero-order valence-electron chi connectivity index (χ0n) is 14.9. The van der Waals surface area contributed by atoms with Crippen molar-refractivity contribution >= 4 is 23.9 Å². The van der Waals surface area contributed by atoms with Crippen molar-refractivity contribution in [3.8, 4) is 0 Å². The molecule has 0 N–H and O–H groups in total. The van der Waals surface area contributed by atoms with Crippen molar-refractivity contribution in [1.82, 2.24) is 9.80 Å². The van der Waals surface area contributed by atoms with Crippen LogP contribution in [0.2, 0.25) is 0 Å². The van der Waals surface area contributed by atoms with Crippen LogP contribution in [0.25, 0.3) is 0 Å². The number of hydrogen-bond acceptors (Lipinski definition) is 3. The van der Waals surface area contributed by atoms with Gasteiger partial charge in [-0.1, -0.05) is 12.1 Å². The highest BCUT2D eigenvalue weighted by molar-refractivity contribution is 6.14. The van der Waals surface area contributed by atoms with Gasteiger partial charge in [-0.25, -0.2) is 0 Å². The molecule has 1 aromatic rings. The van der Waals surface area contributed by atoms with Crippen LogP contribution in [0.4, 0.5) is 5.69 Å². The van der Waals surface area contributed by atoms with E-state index in [9.17, 15) is 14.4 Å². The predicted octanol–water partition coefficient (Wildman–Crippen LogP) is 1.43. The Labute approximate surface area is 148 Å². The van der Waals surface area contributed by atoms with Crippen LogP contribution in [-0.2, 0) is 14.4 Å². The van der Waals surface area contributed by atoms with Gasteiger partial charge in [0.25, 0.3) is 0 Å². The summed E-state index contributed by atoms with van der Waals surface area (Å²) in [4.78, 5) is 42.2. The fourth-order valence-electron chi connectivity index (χ4n) is 3.47. The Morgan fingerprint density at radius 2 is 1.88 bits per heavy atom. The monoisotopic (exact) mass is 343 g/mol. The second-order valence-corrected chi connectivity index (χ2v) is 6.90. The SMILES string of the molecule is CCN(C(=O)C1(C(=O)N2CCN(C=O)CC2)CC1)c1cccc(C)c1. The number of aryl methyl sites for hydroxylation is 1. The third-order valence-electron chi connectivity index (χ3n) is 5.19. The fraction of sp³-hybridized carbons (Fsp3) is 0.526. The van der Waals surface area contributed by atoms with Gasteiger partial charge in [-0.2, -0.15) is 0 Å². The normalized spacial score (nSPS) is 18.6. The molecule has 1 saturated carbocycles. The number of carbonyl (C=O) groups excluding carboxylic acids is 3. The molecule has 3 rings (SSSR count). The molecule has 6 heteroatoms. The van der Waals surface area contributed by atoms with E-state index in [4.69, 9.17) is 0 Å². The zero-order valence-corrected chi connectivity index (χ0v) is 14.9. The fourth-order valence-corrected chi connectivity index (χ4v) is 3.47. The quantitative estimate of drug-likeness (QED) is 0.600. The van der Waals surface area contributed by atoms with Gasteiger partial charge in [0.15, 0.2) is 0 Å². The summed E-state index contributed by atoms with van der Waals surface area (Å²) in [7, 11) is 0. The summed E-state index contributed by atoms with van der Waals surface area (Å²) < 4.78 is 0. The number of piperazine rings is 1. The summed E-state index contributed by atoms with van der Waals surface area (Å²) in [5.41, 5.74) is 1.03. The lowest BCUT2D eigenvalue weighted by Crippen LogP contribution is -2.53. The van der Waals surface area contributed by atoms with Gasteiger partial charge in [0.2, 0.25) is 18.2 Å². The molecule has 1 saturated heterocycles. The third-order valence-corrected chi connectivity index (χ3v) is 5.19. The van der Waals surface area contributed by atoms with E-state index in [0.717, 1.165) is 17.7 Å². The molecule has 25 heavy (non-hydrogen) atoms. The first-order chi connectivity index (χ1) is 12.0. The number of anilines is 1. The first-order valence-electron chi connectivity index (χ1n) is 8.89. The summed E-state index contributed by atoms with van der Waals surface area (Å²) >= 11 is 0. The number of hydrogen-bond donors (Lipinski definition) is 0. The van der Waals surface area contributed by atoms with E-state index >= 15 is 0 Å². The number of amides is 3. The summed E-state index contributed by atoms with van der Waals surface area (Å²) in [6, 6.07) is 7.82. The van der Waals surface area contributed by atoms with E-state index in [-0.39, 0.29) is 11.8 Å². The molecule has 0 unspecified atom stereocenters. The molecular weight excluding hydrogens is 318 g/mol. The molecule has 134 valence electrons. The molecule has 1 heterocycles. The molecule has 0 bridgehead atoms. The lowest BCUT2D eigenvalue weighted by molar-refractivity contribution is -0.145. The largest absolute Gasteiger partial charge is 0.342 e. The molecule has 3 amide bonds. The molecule has 0 aromatic heterocycles. The maximum atomic E-state index is 13.2. The maximum Gasteiger partial charge on any atom is 0.242 e. The molecule has 2 aliphatic rings. The van der Waals surface area contributed by atoms with Gasteiger partial charge in [0, 0.05) is 38.4 Å². The number of benzene rings is 1. The highest BCUT2D eigenvalue weighted by Gasteiger charge is 2.59. The van der Waals surface area contributed by atoms with Crippen LogP contribution in [0.15, 0.2) is 24.3 Å². The predicted molar refractivity (Wildman–Crippen MR) is 95.1 cm³/mol. The third kappa shape index (κ3) is 3.25. The average Bonchev–Trinajstić information content (AvgIpc) is 3.44. The first-order valence-corrected chi connectivity index (χ1v) is 8.89. The summed E-state index contributed by atoms with van der Waals surface area (Å²) in [5.74, 6) is -0.169. The van der Waals surface area contributed by atoms with Crippen LogP contribution in [0, 0.1) is 12.3 Å². The Hall–Kier alpha value is -2.37. The topological polar surface area (TPSA) is 60.9 Å². The Bertz CT molecular complexity index is 676. The van der Waals surface area contributed by atoms with Crippen molar-refractivity contribution in [1.29, 1.82) is 0 Å². The number of carbonyl (C=O) groups is 3. The van der Waals surface area contributed by atoms with Crippen LogP contribution in [-0.4, -0.2) is 60.7 Å². The van der Waals surface area contributed by atoms with Crippen LogP contribution in [0.1, 0.15) is 25.3 Å². The van der Waals surface area contributed by atoms with Gasteiger partial charge in [0.1, 0.15) is 5.41 Å². The zero-order chi connectivity index (χ0) is 18.0. The molecule has 2 fully saturated rings. The van der Waals surface area contributed by atoms with Gasteiger partial charge in [-0.05, 0) is 44.4 Å². The minimum absolute atomic E-state index is 0.0749. The van der Waals surface area contributed by atoms with Crippen LogP contribution in [0.5, 0.6) is 0 Å². The lowest BCUT2D eigenvalue weighted by Gasteiger charge is -2.35. The molecule has 0 spiro atoms. The van der Waals surface area contributed by atoms with Crippen molar-refractivity contribution in [3.63, 3.8) is 0 Å². The van der Waals surface area contributed by atoms with E-state index in [1.54, 1.807) is 14.7 Å². The van der Waals surface area contributed by atoms with E-state index in [2.05, 4.69) is 0 Å². The van der Waals surface area contributed by atoms with Gasteiger partial charge >= 0.3 is 0 Å². The van der Waals surface area contributed by atoms with E-state index < -0.39 is 5.41 Å². The number of rotatable bonds is 5. The Kier molecular flexibility index (Phi) is 4.79. The van der Waals surface area contributed by atoms with E-state index in [0.29, 0.717) is 45.6 Å². The molecule has 1 aliphatic heterocycles. The van der Waals surface area contributed by atoms with Crippen molar-refractivity contribution in [2.45, 2.75) is 26.7 Å². The first kappa shape index (κ1) is 17.5. The van der Waals surface area contributed by atoms with Crippen LogP contribution >= 0.6 is 0 Å². The van der Waals surface area contributed by atoms with Gasteiger partial charge < -0.3 is 14.7 Å². The highest BCUT2D eigenvalue weighted by atomic mass is 16.2. The maximum absolute atomic E-state index is 13.2. The summed E-state index contributed by atoms with van der Waals surface area (Å²) in [6.07, 6.45) is 2.04. The van der Waals surface area contributed by atoms with Gasteiger partial charge in [-0.15, -0.1) is 0 Å². The second-order valence-electron chi connectivity index (χ2n) is 6.90. The molecule has 0 atom stereocenters. The smallest absolute Gasteiger partial charge is 0.242 e. The highest BCUT2D eigenvalue weighted by Crippen LogP contribution is 2.49. The van der Waals surface area contributed by atoms with E-state index in [1.165, 1.54) is 0 Å². The minimum Gasteiger partial charge on any atom is -0.342 e. The summed E-state index contributed by atoms with van der Waals surface area (Å²) in [6.45, 7) is 6.54. The van der Waals surface area contributed by atoms with Crippen molar-refractivity contribution < 1.29 is 14.4 Å². The molecule has 6 nitrogen and oxygen atoms in total. The average molecular weight is 343 g/mol. The number of nitrogens with zero attached hydrogens (tertiary/aromatic N) is 3. The van der Waals surface area contributed by atoms with Crippen LogP contribution in [0.3, 0.4) is 0 Å². The van der Waals surface area contributed by atoms with Crippen molar-refractivity contribution in [2.24, 2.45) is 5.41 Å². The van der Waals surface area contributed by atoms with Gasteiger partial charge in [-0.3, -0.25) is 14.4 Å². The lowest BCUT2D eigenvalue weighted by atomic mass is 10.0. The Morgan fingerprint density at radius 1 is 1.20 bits per heavy atom. The Morgan fingerprint density at radius 3 is 2.40 bits per heavy atom. The minimum atomic E-state index is -0.900. The summed E-state index contributed by atoms with van der Waals surface area (Å²) in [5, 5.41) is 0. The Balaban J connectivity index is 1.76. The molecule has 1 aliphatic carbocycles. The molecule has 1 aromatic carbocycles.